The van der Waals surface area contributed by atoms with Gasteiger partial charge in [0.1, 0.15) is 0 Å². The molecule has 1 fully saturated rings. The molecule has 0 radical (unpaired) electrons. The lowest BCUT2D eigenvalue weighted by Gasteiger charge is -2.31. The van der Waals surface area contributed by atoms with Crippen LogP contribution in [0.3, 0.4) is 0 Å². The quantitative estimate of drug-likeness (QED) is 0.662. The number of hydrogen-bond acceptors (Lipinski definition) is 4. The second kappa shape index (κ2) is 9.00. The minimum Gasteiger partial charge on any atom is -0.316 e. The number of nitrogens with one attached hydrogen (secondary N) is 1. The average Bonchev–Trinajstić information content (AvgIpc) is 2.43. The van der Waals surface area contributed by atoms with Crippen LogP contribution in [0.1, 0.15) is 52.4 Å². The maximum atomic E-state index is 11.6. The van der Waals surface area contributed by atoms with Crippen molar-refractivity contribution in [3.8, 4) is 0 Å². The van der Waals surface area contributed by atoms with Gasteiger partial charge in [-0.1, -0.05) is 19.3 Å². The molecule has 0 aromatic rings. The van der Waals surface area contributed by atoms with E-state index in [0.29, 0.717) is 6.54 Å². The summed E-state index contributed by atoms with van der Waals surface area (Å²) in [6.45, 7) is 6.08. The van der Waals surface area contributed by atoms with E-state index in [4.69, 9.17) is 0 Å². The van der Waals surface area contributed by atoms with Crippen molar-refractivity contribution >= 4 is 9.84 Å². The Bertz CT molecular complexity index is 349. The van der Waals surface area contributed by atoms with E-state index >= 15 is 0 Å². The zero-order valence-electron chi connectivity index (χ0n) is 13.4. The van der Waals surface area contributed by atoms with E-state index in [1.807, 2.05) is 0 Å². The number of sulfone groups is 1. The van der Waals surface area contributed by atoms with Gasteiger partial charge < -0.3 is 10.2 Å². The first-order valence-electron chi connectivity index (χ1n) is 8.06. The second-order valence-electron chi connectivity index (χ2n) is 6.29. The van der Waals surface area contributed by atoms with Crippen LogP contribution in [0.5, 0.6) is 0 Å². The highest BCUT2D eigenvalue weighted by Gasteiger charge is 2.17. The largest absolute Gasteiger partial charge is 0.316 e. The first-order chi connectivity index (χ1) is 9.43. The molecular weight excluding hydrogens is 272 g/mol. The Kier molecular flexibility index (Phi) is 8.07. The zero-order valence-corrected chi connectivity index (χ0v) is 14.2. The van der Waals surface area contributed by atoms with Gasteiger partial charge in [0.25, 0.3) is 0 Å². The molecule has 0 aliphatic heterocycles. The molecule has 20 heavy (non-hydrogen) atoms. The van der Waals surface area contributed by atoms with Crippen LogP contribution in [0.15, 0.2) is 0 Å². The highest BCUT2D eigenvalue weighted by Crippen LogP contribution is 2.21. The molecule has 0 spiro atoms. The van der Waals surface area contributed by atoms with E-state index in [-0.39, 0.29) is 11.0 Å². The van der Waals surface area contributed by atoms with Crippen LogP contribution < -0.4 is 5.32 Å². The van der Waals surface area contributed by atoms with Crippen LogP contribution in [0.4, 0.5) is 0 Å². The lowest BCUT2D eigenvalue weighted by Crippen LogP contribution is -2.35. The van der Waals surface area contributed by atoms with Crippen molar-refractivity contribution in [3.05, 3.63) is 0 Å². The van der Waals surface area contributed by atoms with Gasteiger partial charge in [-0.05, 0) is 53.2 Å². The van der Waals surface area contributed by atoms with Gasteiger partial charge in [0, 0.05) is 12.6 Å². The number of nitrogens with zero attached hydrogens (tertiary/aromatic N) is 1. The summed E-state index contributed by atoms with van der Waals surface area (Å²) in [5.41, 5.74) is 0. The Morgan fingerprint density at radius 3 is 2.40 bits per heavy atom. The Morgan fingerprint density at radius 1 is 1.15 bits per heavy atom. The van der Waals surface area contributed by atoms with E-state index in [9.17, 15) is 8.42 Å². The zero-order chi connectivity index (χ0) is 15.0. The lowest BCUT2D eigenvalue weighted by atomic mass is 9.94. The standard InChI is InChI=1S/C15H32N2O2S/c1-14(2)20(18,19)13-11-16-10-7-12-17(3)15-8-5-4-6-9-15/h14-16H,4-13H2,1-3H3. The van der Waals surface area contributed by atoms with E-state index in [0.717, 1.165) is 25.6 Å². The van der Waals surface area contributed by atoms with Crippen molar-refractivity contribution in [2.45, 2.75) is 63.7 Å². The Labute approximate surface area is 125 Å². The van der Waals surface area contributed by atoms with E-state index in [2.05, 4.69) is 17.3 Å². The summed E-state index contributed by atoms with van der Waals surface area (Å²) >= 11 is 0. The summed E-state index contributed by atoms with van der Waals surface area (Å²) in [4.78, 5) is 2.48. The third-order valence-electron chi connectivity index (χ3n) is 4.34. The van der Waals surface area contributed by atoms with Gasteiger partial charge in [0.05, 0.1) is 11.0 Å². The van der Waals surface area contributed by atoms with Crippen LogP contribution >= 0.6 is 0 Å². The molecule has 0 aromatic carbocycles. The molecule has 0 atom stereocenters. The summed E-state index contributed by atoms with van der Waals surface area (Å²) < 4.78 is 23.3. The van der Waals surface area contributed by atoms with Gasteiger partial charge in [-0.25, -0.2) is 8.42 Å². The highest BCUT2D eigenvalue weighted by molar-refractivity contribution is 7.92. The summed E-state index contributed by atoms with van der Waals surface area (Å²) in [6, 6.07) is 0.769. The van der Waals surface area contributed by atoms with Crippen molar-refractivity contribution in [2.75, 3.05) is 32.4 Å². The van der Waals surface area contributed by atoms with Gasteiger partial charge >= 0.3 is 0 Å². The van der Waals surface area contributed by atoms with Crippen molar-refractivity contribution in [1.29, 1.82) is 0 Å². The molecule has 0 aromatic heterocycles. The average molecular weight is 305 g/mol. The smallest absolute Gasteiger partial charge is 0.153 e. The van der Waals surface area contributed by atoms with Crippen molar-refractivity contribution in [2.24, 2.45) is 0 Å². The van der Waals surface area contributed by atoms with Gasteiger partial charge in [-0.15, -0.1) is 0 Å². The van der Waals surface area contributed by atoms with Gasteiger partial charge in [0.15, 0.2) is 9.84 Å². The topological polar surface area (TPSA) is 49.4 Å². The Morgan fingerprint density at radius 2 is 1.80 bits per heavy atom. The molecule has 0 amide bonds. The van der Waals surface area contributed by atoms with Crippen molar-refractivity contribution in [1.82, 2.24) is 10.2 Å². The molecule has 1 saturated carbocycles. The number of hydrogen-bond donors (Lipinski definition) is 1. The maximum absolute atomic E-state index is 11.6. The second-order valence-corrected chi connectivity index (χ2v) is 8.97. The third-order valence-corrected chi connectivity index (χ3v) is 6.55. The summed E-state index contributed by atoms with van der Waals surface area (Å²) in [5.74, 6) is 0.253. The van der Waals surface area contributed by atoms with Crippen LogP contribution in [0.25, 0.3) is 0 Å². The Balaban J connectivity index is 2.04. The summed E-state index contributed by atoms with van der Waals surface area (Å²) in [5, 5.41) is 2.99. The van der Waals surface area contributed by atoms with E-state index in [1.165, 1.54) is 32.1 Å². The minimum absolute atomic E-state index is 0.253. The predicted molar refractivity (Wildman–Crippen MR) is 85.9 cm³/mol. The molecule has 0 unspecified atom stereocenters. The molecule has 0 heterocycles. The summed E-state index contributed by atoms with van der Waals surface area (Å²) in [6.07, 6.45) is 7.93. The molecule has 5 heteroatoms. The van der Waals surface area contributed by atoms with Crippen molar-refractivity contribution < 1.29 is 8.42 Å². The van der Waals surface area contributed by atoms with Crippen LogP contribution in [-0.2, 0) is 9.84 Å². The molecule has 1 aliphatic carbocycles. The van der Waals surface area contributed by atoms with Crippen LogP contribution in [0, 0.1) is 0 Å². The fraction of sp³-hybridized carbons (Fsp3) is 1.00. The van der Waals surface area contributed by atoms with Crippen LogP contribution in [0.2, 0.25) is 0 Å². The SMILES string of the molecule is CC(C)S(=O)(=O)CCNCCCN(C)C1CCCCC1. The molecular formula is C15H32N2O2S. The molecule has 4 nitrogen and oxygen atoms in total. The third kappa shape index (κ3) is 6.55. The van der Waals surface area contributed by atoms with E-state index in [1.54, 1.807) is 13.8 Å². The molecule has 1 N–H and O–H groups in total. The van der Waals surface area contributed by atoms with Gasteiger partial charge in [-0.2, -0.15) is 0 Å². The van der Waals surface area contributed by atoms with E-state index < -0.39 is 9.84 Å². The van der Waals surface area contributed by atoms with Gasteiger partial charge in [0.2, 0.25) is 0 Å². The number of rotatable bonds is 9. The maximum Gasteiger partial charge on any atom is 0.153 e. The molecule has 0 bridgehead atoms. The fourth-order valence-corrected chi connectivity index (χ4v) is 3.63. The normalized spacial score (nSPS) is 18.1. The molecule has 1 rings (SSSR count). The fourth-order valence-electron chi connectivity index (χ4n) is 2.73. The highest BCUT2D eigenvalue weighted by atomic mass is 32.2. The van der Waals surface area contributed by atoms with Crippen molar-refractivity contribution in [3.63, 3.8) is 0 Å². The molecule has 120 valence electrons. The molecule has 1 aliphatic rings. The Hall–Kier alpha value is -0.130. The minimum atomic E-state index is -2.89. The predicted octanol–water partition coefficient (Wildman–Crippen LogP) is 2.05. The molecule has 0 saturated heterocycles. The van der Waals surface area contributed by atoms with Gasteiger partial charge in [-0.3, -0.25) is 0 Å². The first kappa shape index (κ1) is 17.9. The first-order valence-corrected chi connectivity index (χ1v) is 9.77. The van der Waals surface area contributed by atoms with Crippen LogP contribution in [-0.4, -0.2) is 57.0 Å². The lowest BCUT2D eigenvalue weighted by molar-refractivity contribution is 0.190. The summed E-state index contributed by atoms with van der Waals surface area (Å²) in [7, 11) is -0.670. The monoisotopic (exact) mass is 304 g/mol.